The number of nitrogens with one attached hydrogen (secondary N) is 1. The van der Waals surface area contributed by atoms with Crippen molar-refractivity contribution >= 4 is 44.0 Å². The van der Waals surface area contributed by atoms with Crippen LogP contribution in [0.25, 0.3) is 0 Å². The number of nitrogens with zero attached hydrogens (tertiary/aromatic N) is 2. The fraction of sp³-hybridized carbons (Fsp3) is 0.125. The molecule has 0 aliphatic heterocycles. The molecule has 2 N–H and O–H groups in total. The normalized spacial score (nSPS) is 11.6. The molecule has 3 aromatic rings. The molecule has 176 valence electrons. The van der Waals surface area contributed by atoms with Crippen LogP contribution in [0.3, 0.4) is 0 Å². The number of rotatable bonds is 10. The van der Waals surface area contributed by atoms with E-state index in [1.807, 2.05) is 30.3 Å². The predicted octanol–water partition coefficient (Wildman–Crippen LogP) is 3.53. The summed E-state index contributed by atoms with van der Waals surface area (Å²) in [4.78, 5) is 23.5. The first-order valence-electron chi connectivity index (χ1n) is 10.2. The van der Waals surface area contributed by atoms with Crippen molar-refractivity contribution in [3.8, 4) is 0 Å². The summed E-state index contributed by atoms with van der Waals surface area (Å²) in [5.74, 6) is -1.65. The molecular weight excluding hydrogens is 522 g/mol. The molecule has 3 rings (SSSR count). The third-order valence-corrected chi connectivity index (χ3v) is 7.21. The highest BCUT2D eigenvalue weighted by Gasteiger charge is 2.26. The van der Waals surface area contributed by atoms with Crippen LogP contribution in [0.4, 0.5) is 0 Å². The molecular formula is C24H22BrN3O5S. The molecule has 0 aromatic heterocycles. The smallest absolute Gasteiger partial charge is 0.335 e. The van der Waals surface area contributed by atoms with Crippen molar-refractivity contribution in [2.75, 3.05) is 13.1 Å². The second-order valence-corrected chi connectivity index (χ2v) is 10.1. The third-order valence-electron chi connectivity index (χ3n) is 4.82. The molecule has 0 radical (unpaired) electrons. The van der Waals surface area contributed by atoms with Gasteiger partial charge in [0.2, 0.25) is 10.0 Å². The van der Waals surface area contributed by atoms with Crippen molar-refractivity contribution in [1.82, 2.24) is 9.73 Å². The molecule has 0 heterocycles. The van der Waals surface area contributed by atoms with E-state index >= 15 is 0 Å². The summed E-state index contributed by atoms with van der Waals surface area (Å²) in [6.45, 7) is -0.309. The van der Waals surface area contributed by atoms with E-state index in [0.29, 0.717) is 12.0 Å². The Morgan fingerprint density at radius 1 is 0.971 bits per heavy atom. The van der Waals surface area contributed by atoms with Crippen LogP contribution in [0.1, 0.15) is 21.5 Å². The third kappa shape index (κ3) is 7.08. The number of carbonyl (C=O) groups is 2. The molecule has 0 saturated heterocycles. The lowest BCUT2D eigenvalue weighted by Crippen LogP contribution is -2.40. The number of hydrogen-bond acceptors (Lipinski definition) is 5. The minimum absolute atomic E-state index is 0.0820. The monoisotopic (exact) mass is 543 g/mol. The Bertz CT molecular complexity index is 1260. The van der Waals surface area contributed by atoms with Gasteiger partial charge in [-0.1, -0.05) is 58.4 Å². The first-order valence-corrected chi connectivity index (χ1v) is 12.4. The second kappa shape index (κ2) is 11.7. The lowest BCUT2D eigenvalue weighted by atomic mass is 10.1. The first-order chi connectivity index (χ1) is 16.3. The maximum atomic E-state index is 13.2. The van der Waals surface area contributed by atoms with Gasteiger partial charge in [0.05, 0.1) is 23.2 Å². The lowest BCUT2D eigenvalue weighted by molar-refractivity contribution is -0.121. The van der Waals surface area contributed by atoms with Crippen LogP contribution in [0.2, 0.25) is 0 Å². The Labute approximate surface area is 206 Å². The largest absolute Gasteiger partial charge is 0.478 e. The number of amides is 1. The average Bonchev–Trinajstić information content (AvgIpc) is 2.83. The van der Waals surface area contributed by atoms with Gasteiger partial charge >= 0.3 is 5.97 Å². The Morgan fingerprint density at radius 3 is 2.24 bits per heavy atom. The lowest BCUT2D eigenvalue weighted by Gasteiger charge is -2.21. The van der Waals surface area contributed by atoms with Crippen LogP contribution >= 0.6 is 15.9 Å². The summed E-state index contributed by atoms with van der Waals surface area (Å²) < 4.78 is 28.3. The molecule has 34 heavy (non-hydrogen) atoms. The van der Waals surface area contributed by atoms with Gasteiger partial charge in [0.15, 0.2) is 0 Å². The van der Waals surface area contributed by atoms with Gasteiger partial charge < -0.3 is 5.11 Å². The molecule has 0 fully saturated rings. The van der Waals surface area contributed by atoms with Crippen LogP contribution in [-0.4, -0.2) is 49.0 Å². The van der Waals surface area contributed by atoms with E-state index < -0.39 is 28.4 Å². The molecule has 3 aromatic carbocycles. The van der Waals surface area contributed by atoms with Gasteiger partial charge in [-0.15, -0.1) is 0 Å². The van der Waals surface area contributed by atoms with Gasteiger partial charge in [-0.05, 0) is 53.9 Å². The van der Waals surface area contributed by atoms with E-state index in [2.05, 4.69) is 26.5 Å². The molecule has 8 nitrogen and oxygen atoms in total. The minimum Gasteiger partial charge on any atom is -0.478 e. The van der Waals surface area contributed by atoms with E-state index in [1.165, 1.54) is 30.5 Å². The fourth-order valence-corrected chi connectivity index (χ4v) is 4.69. The van der Waals surface area contributed by atoms with Crippen molar-refractivity contribution in [1.29, 1.82) is 0 Å². The number of hydrazone groups is 1. The van der Waals surface area contributed by atoms with Crippen molar-refractivity contribution in [2.24, 2.45) is 5.10 Å². The number of carbonyl (C=O) groups excluding carboxylic acids is 1. The van der Waals surface area contributed by atoms with Gasteiger partial charge in [-0.2, -0.15) is 9.41 Å². The fourth-order valence-electron chi connectivity index (χ4n) is 3.02. The van der Waals surface area contributed by atoms with E-state index in [4.69, 9.17) is 5.11 Å². The van der Waals surface area contributed by atoms with Crippen LogP contribution in [0.5, 0.6) is 0 Å². The number of carboxylic acids is 1. The topological polar surface area (TPSA) is 116 Å². The summed E-state index contributed by atoms with van der Waals surface area (Å²) in [5, 5.41) is 12.8. The standard InChI is InChI=1S/C24H22BrN3O5S/c25-21-10-12-22(13-11-21)34(32,33)28(15-14-18-4-2-1-3-5-18)17-23(29)27-26-16-19-6-8-20(9-7-19)24(30)31/h1-13,16H,14-15,17H2,(H,27,29)(H,30,31)/b26-16-. The zero-order valence-corrected chi connectivity index (χ0v) is 20.4. The Kier molecular flexibility index (Phi) is 8.69. The van der Waals surface area contributed by atoms with Crippen LogP contribution in [-0.2, 0) is 21.2 Å². The van der Waals surface area contributed by atoms with E-state index in [9.17, 15) is 18.0 Å². The molecule has 0 saturated carbocycles. The van der Waals surface area contributed by atoms with Gasteiger partial charge in [0, 0.05) is 11.0 Å². The summed E-state index contributed by atoms with van der Waals surface area (Å²) in [6, 6.07) is 21.5. The number of benzene rings is 3. The summed E-state index contributed by atoms with van der Waals surface area (Å²) in [6.07, 6.45) is 1.78. The van der Waals surface area contributed by atoms with Gasteiger partial charge in [0.1, 0.15) is 0 Å². The predicted molar refractivity (Wildman–Crippen MR) is 132 cm³/mol. The van der Waals surface area contributed by atoms with Crippen molar-refractivity contribution < 1.29 is 23.1 Å². The highest BCUT2D eigenvalue weighted by molar-refractivity contribution is 9.10. The highest BCUT2D eigenvalue weighted by Crippen LogP contribution is 2.19. The van der Waals surface area contributed by atoms with Crippen molar-refractivity contribution in [3.05, 3.63) is 100 Å². The molecule has 0 unspecified atom stereocenters. The second-order valence-electron chi connectivity index (χ2n) is 7.25. The van der Waals surface area contributed by atoms with Crippen LogP contribution in [0, 0.1) is 0 Å². The van der Waals surface area contributed by atoms with Gasteiger partial charge in [-0.3, -0.25) is 4.79 Å². The molecule has 10 heteroatoms. The van der Waals surface area contributed by atoms with Gasteiger partial charge in [-0.25, -0.2) is 18.6 Å². The van der Waals surface area contributed by atoms with Crippen LogP contribution in [0.15, 0.2) is 93.3 Å². The molecule has 0 aliphatic rings. The highest BCUT2D eigenvalue weighted by atomic mass is 79.9. The maximum absolute atomic E-state index is 13.2. The van der Waals surface area contributed by atoms with E-state index in [1.54, 1.807) is 24.3 Å². The molecule has 1 amide bonds. The number of hydrogen-bond donors (Lipinski definition) is 2. The van der Waals surface area contributed by atoms with Crippen LogP contribution < -0.4 is 5.43 Å². The average molecular weight is 544 g/mol. The summed E-state index contributed by atoms with van der Waals surface area (Å²) in [5.41, 5.74) is 3.99. The Morgan fingerprint density at radius 2 is 1.62 bits per heavy atom. The Balaban J connectivity index is 1.71. The molecule has 0 atom stereocenters. The first kappa shape index (κ1) is 25.3. The number of carboxylic acid groups (broad SMARTS) is 1. The SMILES string of the molecule is O=C(CN(CCc1ccccc1)S(=O)(=O)c1ccc(Br)cc1)N/N=C\c1ccc(C(=O)O)cc1. The quantitative estimate of drug-likeness (QED) is 0.299. The zero-order valence-electron chi connectivity index (χ0n) is 18.0. The van der Waals surface area contributed by atoms with E-state index in [-0.39, 0.29) is 17.0 Å². The zero-order chi connectivity index (χ0) is 24.6. The maximum Gasteiger partial charge on any atom is 0.335 e. The number of sulfonamides is 1. The van der Waals surface area contributed by atoms with Gasteiger partial charge in [0.25, 0.3) is 5.91 Å². The molecule has 0 spiro atoms. The number of aromatic carboxylic acids is 1. The van der Waals surface area contributed by atoms with Crippen molar-refractivity contribution in [2.45, 2.75) is 11.3 Å². The minimum atomic E-state index is -3.93. The number of halogens is 1. The molecule has 0 aliphatic carbocycles. The Hall–Kier alpha value is -3.34. The molecule has 0 bridgehead atoms. The van der Waals surface area contributed by atoms with Crippen molar-refractivity contribution in [3.63, 3.8) is 0 Å². The summed E-state index contributed by atoms with van der Waals surface area (Å²) in [7, 11) is -3.93. The van der Waals surface area contributed by atoms with E-state index in [0.717, 1.165) is 14.3 Å². The summed E-state index contributed by atoms with van der Waals surface area (Å²) >= 11 is 3.29.